The first-order valence-corrected chi connectivity index (χ1v) is 16.3. The number of nitrogens with zero attached hydrogens (tertiary/aromatic N) is 2. The summed E-state index contributed by atoms with van der Waals surface area (Å²) in [7, 11) is -7.99. The van der Waals surface area contributed by atoms with Gasteiger partial charge in [0.05, 0.1) is 21.2 Å². The van der Waals surface area contributed by atoms with E-state index in [0.29, 0.717) is 0 Å². The maximum Gasteiger partial charge on any atom is 0.264 e. The molecule has 180 valence electrons. The van der Waals surface area contributed by atoms with E-state index in [4.69, 9.17) is 0 Å². The summed E-state index contributed by atoms with van der Waals surface area (Å²) in [6, 6.07) is 19.4. The first-order valence-electron chi connectivity index (χ1n) is 9.95. The Bertz CT molecular complexity index is 1290. The molecule has 0 N–H and O–H groups in total. The minimum atomic E-state index is -3.99. The molecule has 0 saturated heterocycles. The van der Waals surface area contributed by atoms with E-state index < -0.39 is 20.0 Å². The van der Waals surface area contributed by atoms with E-state index in [9.17, 15) is 16.8 Å². The van der Waals surface area contributed by atoms with E-state index in [1.54, 1.807) is 48.5 Å². The zero-order valence-electron chi connectivity index (χ0n) is 17.4. The van der Waals surface area contributed by atoms with Gasteiger partial charge in [-0.1, -0.05) is 75.9 Å². The highest BCUT2D eigenvalue weighted by molar-refractivity contribution is 9.12. The highest BCUT2D eigenvalue weighted by Crippen LogP contribution is 2.40. The molecule has 4 rings (SSSR count). The number of alkyl halides is 2. The highest BCUT2D eigenvalue weighted by Gasteiger charge is 2.38. The number of halogens is 4. The summed E-state index contributed by atoms with van der Waals surface area (Å²) in [5.41, 5.74) is 0.574. The van der Waals surface area contributed by atoms with E-state index in [0.717, 1.165) is 8.95 Å². The Morgan fingerprint density at radius 3 is 1.24 bits per heavy atom. The van der Waals surface area contributed by atoms with Crippen LogP contribution in [0.25, 0.3) is 0 Å². The van der Waals surface area contributed by atoms with Crippen LogP contribution in [0.4, 0.5) is 11.4 Å². The molecule has 0 amide bonds. The van der Waals surface area contributed by atoms with Crippen molar-refractivity contribution >= 4 is 95.1 Å². The van der Waals surface area contributed by atoms with Gasteiger partial charge in [-0.15, -0.1) is 0 Å². The fourth-order valence-electron chi connectivity index (χ4n) is 3.55. The van der Waals surface area contributed by atoms with Crippen LogP contribution in [0, 0.1) is 0 Å². The van der Waals surface area contributed by atoms with Crippen LogP contribution in [0.15, 0.2) is 91.5 Å². The molecule has 12 heteroatoms. The van der Waals surface area contributed by atoms with E-state index in [2.05, 4.69) is 63.7 Å². The molecule has 0 spiro atoms. The summed E-state index contributed by atoms with van der Waals surface area (Å²) in [5.74, 6) is 0. The largest absolute Gasteiger partial charge is 0.264 e. The summed E-state index contributed by atoms with van der Waals surface area (Å²) in [6.07, 6.45) is 0. The maximum atomic E-state index is 13.7. The van der Waals surface area contributed by atoms with Crippen molar-refractivity contribution in [2.24, 2.45) is 0 Å². The molecule has 1 aliphatic rings. The van der Waals surface area contributed by atoms with Crippen molar-refractivity contribution in [3.63, 3.8) is 0 Å². The van der Waals surface area contributed by atoms with Gasteiger partial charge in [-0.05, 0) is 60.7 Å². The Hall–Kier alpha value is -0.920. The molecule has 2 atom stereocenters. The third kappa shape index (κ3) is 5.12. The van der Waals surface area contributed by atoms with E-state index in [1.807, 2.05) is 0 Å². The molecule has 0 aliphatic carbocycles. The van der Waals surface area contributed by atoms with Crippen molar-refractivity contribution in [2.75, 3.05) is 21.7 Å². The molecule has 6 nitrogen and oxygen atoms in total. The van der Waals surface area contributed by atoms with Crippen LogP contribution in [0.3, 0.4) is 0 Å². The highest BCUT2D eigenvalue weighted by atomic mass is 79.9. The Morgan fingerprint density at radius 2 is 0.912 bits per heavy atom. The lowest BCUT2D eigenvalue weighted by molar-refractivity contribution is 0.582. The van der Waals surface area contributed by atoms with Gasteiger partial charge in [0.25, 0.3) is 20.0 Å². The van der Waals surface area contributed by atoms with Gasteiger partial charge in [-0.3, -0.25) is 8.61 Å². The third-order valence-electron chi connectivity index (χ3n) is 5.30. The average molecular weight is 758 g/mol. The molecule has 34 heavy (non-hydrogen) atoms. The van der Waals surface area contributed by atoms with Gasteiger partial charge in [0.15, 0.2) is 0 Å². The van der Waals surface area contributed by atoms with Gasteiger partial charge in [-0.2, -0.15) is 0 Å². The van der Waals surface area contributed by atoms with Gasteiger partial charge in [0.2, 0.25) is 0 Å². The van der Waals surface area contributed by atoms with Crippen LogP contribution in [-0.2, 0) is 20.0 Å². The lowest BCUT2D eigenvalue weighted by Crippen LogP contribution is -2.47. The summed E-state index contributed by atoms with van der Waals surface area (Å²) >= 11 is 13.8. The number of hydrogen-bond acceptors (Lipinski definition) is 4. The standard InChI is InChI=1S/C22H18Br4N2O4S2/c23-15-5-9-17(10-6-15)33(29,30)27-13-19(25)20(26)14-28(22-4-2-1-3-21(22)27)34(31,32)18-11-7-16(24)8-12-18/h1-12,19-20H,13-14H2/t19-,20-/m0/s1. The molecule has 0 aromatic heterocycles. The predicted octanol–water partition coefficient (Wildman–Crippen LogP) is 6.14. The predicted molar refractivity (Wildman–Crippen MR) is 149 cm³/mol. The number of sulfonamides is 2. The lowest BCUT2D eigenvalue weighted by Gasteiger charge is -2.37. The normalized spacial score (nSPS) is 19.3. The van der Waals surface area contributed by atoms with E-state index >= 15 is 0 Å². The van der Waals surface area contributed by atoms with E-state index in [1.165, 1.54) is 32.9 Å². The number of rotatable bonds is 4. The van der Waals surface area contributed by atoms with Gasteiger partial charge < -0.3 is 0 Å². The SMILES string of the molecule is O=S(=O)(c1ccc(Br)cc1)N1C[C@H](Br)[C@@H](Br)CN(S(=O)(=O)c2ccc(Br)cc2)c2ccccc21. The Labute approximate surface area is 233 Å². The number of benzene rings is 3. The van der Waals surface area contributed by atoms with Crippen LogP contribution in [0.5, 0.6) is 0 Å². The Morgan fingerprint density at radius 1 is 0.588 bits per heavy atom. The topological polar surface area (TPSA) is 74.8 Å². The number of para-hydroxylation sites is 2. The lowest BCUT2D eigenvalue weighted by atomic mass is 10.2. The van der Waals surface area contributed by atoms with Crippen molar-refractivity contribution in [1.82, 2.24) is 0 Å². The van der Waals surface area contributed by atoms with Crippen molar-refractivity contribution in [2.45, 2.75) is 19.4 Å². The van der Waals surface area contributed by atoms with Crippen molar-refractivity contribution in [1.29, 1.82) is 0 Å². The smallest absolute Gasteiger partial charge is 0.263 e. The van der Waals surface area contributed by atoms with Crippen molar-refractivity contribution in [3.8, 4) is 0 Å². The van der Waals surface area contributed by atoms with E-state index in [-0.39, 0.29) is 43.9 Å². The van der Waals surface area contributed by atoms with Crippen molar-refractivity contribution in [3.05, 3.63) is 81.7 Å². The molecule has 3 aromatic carbocycles. The molecule has 0 bridgehead atoms. The molecule has 1 aliphatic heterocycles. The minimum absolute atomic E-state index is 0.109. The summed E-state index contributed by atoms with van der Waals surface area (Å²) in [4.78, 5) is -0.513. The van der Waals surface area contributed by atoms with Gasteiger partial charge in [0.1, 0.15) is 0 Å². The van der Waals surface area contributed by atoms with Crippen molar-refractivity contribution < 1.29 is 16.8 Å². The second kappa shape index (κ2) is 10.2. The second-order valence-corrected chi connectivity index (χ2v) is 15.4. The summed E-state index contributed by atoms with van der Waals surface area (Å²) in [6.45, 7) is 0.217. The maximum absolute atomic E-state index is 13.7. The van der Waals surface area contributed by atoms with Crippen LogP contribution >= 0.6 is 63.7 Å². The van der Waals surface area contributed by atoms with Gasteiger partial charge in [-0.25, -0.2) is 16.8 Å². The quantitative estimate of drug-likeness (QED) is 0.300. The summed E-state index contributed by atoms with van der Waals surface area (Å²) < 4.78 is 59.0. The molecule has 1 heterocycles. The van der Waals surface area contributed by atoms with Crippen LogP contribution in [0.2, 0.25) is 0 Å². The van der Waals surface area contributed by atoms with Gasteiger partial charge >= 0.3 is 0 Å². The monoisotopic (exact) mass is 754 g/mol. The molecule has 0 fully saturated rings. The molecule has 0 radical (unpaired) electrons. The van der Waals surface area contributed by atoms with Crippen LogP contribution in [-0.4, -0.2) is 39.6 Å². The summed E-state index contributed by atoms with van der Waals surface area (Å²) in [5, 5.41) is 0. The number of hydrogen-bond donors (Lipinski definition) is 0. The van der Waals surface area contributed by atoms with Crippen LogP contribution < -0.4 is 8.61 Å². The molecular weight excluding hydrogens is 740 g/mol. The Balaban J connectivity index is 1.91. The first-order chi connectivity index (χ1) is 16.0. The molecule has 0 saturated carbocycles. The third-order valence-corrected chi connectivity index (χ3v) is 12.5. The first kappa shape index (κ1) is 26.2. The second-order valence-electron chi connectivity index (χ2n) is 7.50. The zero-order chi connectivity index (χ0) is 24.7. The minimum Gasteiger partial charge on any atom is -0.263 e. The number of anilines is 2. The molecule has 0 unspecified atom stereocenters. The molecular formula is C22H18Br4N2O4S2. The van der Waals surface area contributed by atoms with Gasteiger partial charge in [0, 0.05) is 31.7 Å². The Kier molecular flexibility index (Phi) is 7.86. The molecule has 3 aromatic rings. The fourth-order valence-corrected chi connectivity index (χ4v) is 8.39. The fraction of sp³-hybridized carbons (Fsp3) is 0.182. The average Bonchev–Trinajstić information content (AvgIpc) is 2.80. The zero-order valence-corrected chi connectivity index (χ0v) is 25.3. The van der Waals surface area contributed by atoms with Crippen LogP contribution in [0.1, 0.15) is 0 Å². The number of fused-ring (bicyclic) bond motifs is 1.